The van der Waals surface area contributed by atoms with Gasteiger partial charge in [-0.15, -0.1) is 0 Å². The first-order chi connectivity index (χ1) is 9.22. The van der Waals surface area contributed by atoms with E-state index >= 15 is 0 Å². The largest absolute Gasteiger partial charge is 0.508 e. The van der Waals surface area contributed by atoms with E-state index in [0.717, 1.165) is 32.3 Å². The summed E-state index contributed by atoms with van der Waals surface area (Å²) < 4.78 is 0. The first-order valence-electron chi connectivity index (χ1n) is 6.13. The van der Waals surface area contributed by atoms with Crippen molar-refractivity contribution < 1.29 is 10.2 Å². The zero-order chi connectivity index (χ0) is 15.4. The van der Waals surface area contributed by atoms with Crippen LogP contribution in [0.5, 0.6) is 11.5 Å². The maximum atomic E-state index is 9.06. The molecule has 0 saturated carbocycles. The van der Waals surface area contributed by atoms with E-state index in [1.807, 2.05) is 27.7 Å². The number of phenolic OH excluding ortho intramolecular Hbond substituents is 2. The van der Waals surface area contributed by atoms with Gasteiger partial charge in [0.25, 0.3) is 0 Å². The van der Waals surface area contributed by atoms with Crippen LogP contribution >= 0.6 is 23.2 Å². The van der Waals surface area contributed by atoms with E-state index in [0.29, 0.717) is 0 Å². The zero-order valence-electron chi connectivity index (χ0n) is 12.0. The Hall–Kier alpha value is -1.38. The normalized spacial score (nSPS) is 9.90. The van der Waals surface area contributed by atoms with Crippen molar-refractivity contribution >= 4 is 23.2 Å². The molecule has 0 bridgehead atoms. The summed E-state index contributed by atoms with van der Waals surface area (Å²) in [5.74, 6) is 0.554. The molecule has 0 aliphatic rings. The monoisotopic (exact) mass is 312 g/mol. The third kappa shape index (κ3) is 4.32. The van der Waals surface area contributed by atoms with Crippen molar-refractivity contribution in [2.75, 3.05) is 0 Å². The van der Waals surface area contributed by atoms with Crippen LogP contribution in [0, 0.1) is 27.7 Å². The van der Waals surface area contributed by atoms with Crippen molar-refractivity contribution in [2.45, 2.75) is 27.7 Å². The molecular weight excluding hydrogens is 295 g/mol. The SMILES string of the molecule is Cc1cc(O)cc(C)c1Cl.Cc1cc(O)cc(C)c1Cl. The van der Waals surface area contributed by atoms with Gasteiger partial charge >= 0.3 is 0 Å². The fourth-order valence-corrected chi connectivity index (χ4v) is 2.06. The van der Waals surface area contributed by atoms with Gasteiger partial charge in [-0.1, -0.05) is 23.2 Å². The Morgan fingerprint density at radius 3 is 1.00 bits per heavy atom. The average molecular weight is 313 g/mol. The lowest BCUT2D eigenvalue weighted by molar-refractivity contribution is 0.474. The fraction of sp³-hybridized carbons (Fsp3) is 0.250. The third-order valence-electron chi connectivity index (χ3n) is 2.84. The van der Waals surface area contributed by atoms with Crippen molar-refractivity contribution in [2.24, 2.45) is 0 Å². The number of hydrogen-bond acceptors (Lipinski definition) is 2. The number of phenols is 2. The van der Waals surface area contributed by atoms with Crippen LogP contribution < -0.4 is 0 Å². The summed E-state index contributed by atoms with van der Waals surface area (Å²) in [6.07, 6.45) is 0. The summed E-state index contributed by atoms with van der Waals surface area (Å²) in [5, 5.41) is 19.6. The Morgan fingerprint density at radius 2 is 0.800 bits per heavy atom. The van der Waals surface area contributed by atoms with E-state index < -0.39 is 0 Å². The molecule has 2 nitrogen and oxygen atoms in total. The Balaban J connectivity index is 0.000000200. The number of rotatable bonds is 0. The summed E-state index contributed by atoms with van der Waals surface area (Å²) >= 11 is 11.7. The van der Waals surface area contributed by atoms with Crippen LogP contribution in [-0.2, 0) is 0 Å². The van der Waals surface area contributed by atoms with Crippen LogP contribution in [0.3, 0.4) is 0 Å². The molecule has 0 saturated heterocycles. The molecule has 0 atom stereocenters. The minimum absolute atomic E-state index is 0.277. The molecule has 0 aliphatic carbocycles. The molecule has 20 heavy (non-hydrogen) atoms. The smallest absolute Gasteiger partial charge is 0.116 e. The lowest BCUT2D eigenvalue weighted by Crippen LogP contribution is -1.79. The molecule has 0 heterocycles. The second kappa shape index (κ2) is 6.87. The van der Waals surface area contributed by atoms with Gasteiger partial charge in [0, 0.05) is 10.0 Å². The van der Waals surface area contributed by atoms with Gasteiger partial charge in [-0.3, -0.25) is 0 Å². The lowest BCUT2D eigenvalue weighted by Gasteiger charge is -2.01. The van der Waals surface area contributed by atoms with Gasteiger partial charge in [-0.25, -0.2) is 0 Å². The first kappa shape index (κ1) is 16.7. The van der Waals surface area contributed by atoms with Crippen molar-refractivity contribution in [1.29, 1.82) is 0 Å². The minimum atomic E-state index is 0.277. The topological polar surface area (TPSA) is 40.5 Å². The van der Waals surface area contributed by atoms with Crippen LogP contribution in [0.2, 0.25) is 10.0 Å². The zero-order valence-corrected chi connectivity index (χ0v) is 13.5. The van der Waals surface area contributed by atoms with E-state index in [1.165, 1.54) is 0 Å². The van der Waals surface area contributed by atoms with E-state index in [-0.39, 0.29) is 11.5 Å². The Kier molecular flexibility index (Phi) is 5.73. The summed E-state index contributed by atoms with van der Waals surface area (Å²) in [5.41, 5.74) is 3.66. The summed E-state index contributed by atoms with van der Waals surface area (Å²) in [4.78, 5) is 0. The molecule has 0 fully saturated rings. The van der Waals surface area contributed by atoms with Crippen LogP contribution in [0.15, 0.2) is 24.3 Å². The van der Waals surface area contributed by atoms with Crippen LogP contribution in [-0.4, -0.2) is 10.2 Å². The van der Waals surface area contributed by atoms with Crippen molar-refractivity contribution in [3.8, 4) is 11.5 Å². The summed E-state index contributed by atoms with van der Waals surface area (Å²) in [6, 6.07) is 6.59. The highest BCUT2D eigenvalue weighted by Crippen LogP contribution is 2.25. The first-order valence-corrected chi connectivity index (χ1v) is 6.89. The summed E-state index contributed by atoms with van der Waals surface area (Å²) in [6.45, 7) is 7.48. The van der Waals surface area contributed by atoms with E-state index in [9.17, 15) is 0 Å². The van der Waals surface area contributed by atoms with Crippen LogP contribution in [0.25, 0.3) is 0 Å². The van der Waals surface area contributed by atoms with Gasteiger partial charge in [0.05, 0.1) is 0 Å². The van der Waals surface area contributed by atoms with Gasteiger partial charge < -0.3 is 10.2 Å². The lowest BCUT2D eigenvalue weighted by atomic mass is 10.1. The third-order valence-corrected chi connectivity index (χ3v) is 4.03. The highest BCUT2D eigenvalue weighted by atomic mass is 35.5. The number of hydrogen-bond donors (Lipinski definition) is 2. The minimum Gasteiger partial charge on any atom is -0.508 e. The molecule has 0 radical (unpaired) electrons. The maximum Gasteiger partial charge on any atom is 0.116 e. The highest BCUT2D eigenvalue weighted by molar-refractivity contribution is 6.32. The van der Waals surface area contributed by atoms with Gasteiger partial charge in [-0.2, -0.15) is 0 Å². The van der Waals surface area contributed by atoms with E-state index in [4.69, 9.17) is 33.4 Å². The van der Waals surface area contributed by atoms with Crippen molar-refractivity contribution in [1.82, 2.24) is 0 Å². The van der Waals surface area contributed by atoms with E-state index in [1.54, 1.807) is 24.3 Å². The number of aromatic hydroxyl groups is 2. The molecule has 108 valence electrons. The molecule has 0 aromatic heterocycles. The number of benzene rings is 2. The number of aryl methyl sites for hydroxylation is 4. The van der Waals surface area contributed by atoms with Crippen molar-refractivity contribution in [3.05, 3.63) is 56.6 Å². The molecule has 4 heteroatoms. The van der Waals surface area contributed by atoms with Gasteiger partial charge in [0.1, 0.15) is 11.5 Å². The second-order valence-corrected chi connectivity index (χ2v) is 5.54. The highest BCUT2D eigenvalue weighted by Gasteiger charge is 2.00. The standard InChI is InChI=1S/2C8H9ClO/c2*1-5-3-7(10)4-6(2)8(5)9/h2*3-4,10H,1-2H3. The molecule has 2 rings (SSSR count). The van der Waals surface area contributed by atoms with Gasteiger partial charge in [-0.05, 0) is 74.2 Å². The summed E-state index contributed by atoms with van der Waals surface area (Å²) in [7, 11) is 0. The van der Waals surface area contributed by atoms with Crippen molar-refractivity contribution in [3.63, 3.8) is 0 Å². The van der Waals surface area contributed by atoms with Gasteiger partial charge in [0.15, 0.2) is 0 Å². The van der Waals surface area contributed by atoms with E-state index in [2.05, 4.69) is 0 Å². The maximum absolute atomic E-state index is 9.06. The quantitative estimate of drug-likeness (QED) is 0.690. The predicted octanol–water partition coefficient (Wildman–Crippen LogP) is 5.32. The molecule has 2 aromatic carbocycles. The Labute approximate surface area is 129 Å². The van der Waals surface area contributed by atoms with Crippen LogP contribution in [0.1, 0.15) is 22.3 Å². The Bertz CT molecular complexity index is 520. The molecule has 2 aromatic rings. The van der Waals surface area contributed by atoms with Crippen LogP contribution in [0.4, 0.5) is 0 Å². The molecule has 0 spiro atoms. The average Bonchev–Trinajstić information content (AvgIpc) is 2.33. The molecule has 2 N–H and O–H groups in total. The molecule has 0 amide bonds. The molecule has 0 aliphatic heterocycles. The van der Waals surface area contributed by atoms with Gasteiger partial charge in [0.2, 0.25) is 0 Å². The Morgan fingerprint density at radius 1 is 0.600 bits per heavy atom. The number of halogens is 2. The fourth-order valence-electron chi connectivity index (χ4n) is 1.85. The second-order valence-electron chi connectivity index (χ2n) is 4.79. The molecular formula is C16H18Cl2O2. The molecule has 0 unspecified atom stereocenters. The predicted molar refractivity (Wildman–Crippen MR) is 85.2 cm³/mol.